The topological polar surface area (TPSA) is 65.1 Å². The van der Waals surface area contributed by atoms with Crippen LogP contribution in [0.1, 0.15) is 10.7 Å². The molecule has 0 aliphatic rings. The van der Waals surface area contributed by atoms with Crippen molar-refractivity contribution in [2.24, 2.45) is 0 Å². The van der Waals surface area contributed by atoms with Gasteiger partial charge in [0.05, 0.1) is 11.8 Å². The summed E-state index contributed by atoms with van der Waals surface area (Å²) in [5, 5.41) is 6.29. The van der Waals surface area contributed by atoms with E-state index in [9.17, 15) is 44.3 Å². The lowest BCUT2D eigenvalue weighted by Gasteiger charge is -2.19. The summed E-state index contributed by atoms with van der Waals surface area (Å²) >= 11 is 0.382. The molecule has 3 aromatic rings. The minimum Gasteiger partial charge on any atom is -0.267 e. The van der Waals surface area contributed by atoms with Gasteiger partial charge in [0.15, 0.2) is 5.69 Å². The van der Waals surface area contributed by atoms with Gasteiger partial charge in [0.25, 0.3) is 5.56 Å². The summed E-state index contributed by atoms with van der Waals surface area (Å²) in [6.07, 6.45) is -10.2. The molecule has 0 radical (unpaired) electrons. The van der Waals surface area contributed by atoms with Gasteiger partial charge in [0.1, 0.15) is 18.2 Å². The first-order valence-electron chi connectivity index (χ1n) is 7.28. The van der Waals surface area contributed by atoms with Crippen molar-refractivity contribution in [3.05, 3.63) is 33.4 Å². The summed E-state index contributed by atoms with van der Waals surface area (Å²) in [5.41, 5.74) is -5.04. The summed E-state index contributed by atoms with van der Waals surface area (Å²) in [4.78, 5) is 15.1. The van der Waals surface area contributed by atoms with E-state index in [4.69, 9.17) is 0 Å². The number of alkyl halides is 9. The zero-order valence-corrected chi connectivity index (χ0v) is 14.3. The quantitative estimate of drug-likeness (QED) is 0.568. The van der Waals surface area contributed by atoms with Crippen LogP contribution >= 0.6 is 11.3 Å². The van der Waals surface area contributed by atoms with Crippen LogP contribution in [0.4, 0.5) is 39.5 Å². The summed E-state index contributed by atoms with van der Waals surface area (Å²) in [5.74, 6) is -5.22. The second-order valence-electron chi connectivity index (χ2n) is 5.59. The minimum atomic E-state index is -5.92. The van der Waals surface area contributed by atoms with Gasteiger partial charge >= 0.3 is 18.3 Å². The van der Waals surface area contributed by atoms with Gasteiger partial charge in [-0.1, -0.05) is 11.3 Å². The summed E-state index contributed by atoms with van der Waals surface area (Å²) in [6, 6.07) is 0. The van der Waals surface area contributed by atoms with Crippen LogP contribution in [-0.4, -0.2) is 36.5 Å². The molecule has 0 aliphatic heterocycles. The average Bonchev–Trinajstić information content (AvgIpc) is 3.19. The molecule has 0 amide bonds. The first-order chi connectivity index (χ1) is 13.2. The number of aromatic nitrogens is 5. The Morgan fingerprint density at radius 3 is 2.28 bits per heavy atom. The number of hydrogen-bond donors (Lipinski definition) is 0. The van der Waals surface area contributed by atoms with E-state index in [0.717, 1.165) is 0 Å². The molecular weight excluding hydrogens is 445 g/mol. The fourth-order valence-corrected chi connectivity index (χ4v) is 3.01. The lowest BCUT2D eigenvalue weighted by atomic mass is 10.1. The second-order valence-corrected chi connectivity index (χ2v) is 6.63. The Morgan fingerprint density at radius 1 is 1.07 bits per heavy atom. The van der Waals surface area contributed by atoms with E-state index < -0.39 is 58.8 Å². The predicted molar refractivity (Wildman–Crippen MR) is 79.2 cm³/mol. The van der Waals surface area contributed by atoms with Gasteiger partial charge in [-0.2, -0.15) is 49.8 Å². The first-order valence-corrected chi connectivity index (χ1v) is 8.09. The Bertz CT molecular complexity index is 1110. The Morgan fingerprint density at radius 2 is 1.72 bits per heavy atom. The molecule has 6 nitrogen and oxygen atoms in total. The van der Waals surface area contributed by atoms with Crippen LogP contribution in [0.25, 0.3) is 16.1 Å². The summed E-state index contributed by atoms with van der Waals surface area (Å²) in [6.45, 7) is -3.20. The lowest BCUT2D eigenvalue weighted by molar-refractivity contribution is -0.287. The third-order valence-electron chi connectivity index (χ3n) is 3.53. The summed E-state index contributed by atoms with van der Waals surface area (Å²) < 4.78 is 116. The molecule has 3 rings (SSSR count). The molecule has 3 aromatic heterocycles. The van der Waals surface area contributed by atoms with Crippen LogP contribution in [-0.2, 0) is 19.4 Å². The van der Waals surface area contributed by atoms with Crippen LogP contribution in [0.5, 0.6) is 0 Å². The molecule has 0 atom stereocenters. The van der Waals surface area contributed by atoms with Crippen molar-refractivity contribution in [3.63, 3.8) is 0 Å². The molecule has 158 valence electrons. The summed E-state index contributed by atoms with van der Waals surface area (Å²) in [7, 11) is 0. The van der Waals surface area contributed by atoms with Crippen molar-refractivity contribution in [2.45, 2.75) is 31.5 Å². The van der Waals surface area contributed by atoms with Gasteiger partial charge in [-0.05, 0) is 0 Å². The van der Waals surface area contributed by atoms with Crippen molar-refractivity contribution >= 4 is 16.3 Å². The minimum absolute atomic E-state index is 0.0469. The van der Waals surface area contributed by atoms with Crippen molar-refractivity contribution < 1.29 is 39.5 Å². The van der Waals surface area contributed by atoms with Crippen LogP contribution in [0.3, 0.4) is 0 Å². The molecule has 0 N–H and O–H groups in total. The van der Waals surface area contributed by atoms with Gasteiger partial charge in [0, 0.05) is 11.8 Å². The maximum absolute atomic E-state index is 13.4. The molecule has 0 bridgehead atoms. The molecule has 29 heavy (non-hydrogen) atoms. The Hall–Kier alpha value is -2.65. The van der Waals surface area contributed by atoms with Gasteiger partial charge < -0.3 is 0 Å². The van der Waals surface area contributed by atoms with Crippen molar-refractivity contribution in [3.8, 4) is 11.1 Å². The largest absolute Gasteiger partial charge is 0.455 e. The van der Waals surface area contributed by atoms with E-state index in [-0.39, 0.29) is 9.69 Å². The Balaban J connectivity index is 2.16. The fourth-order valence-electron chi connectivity index (χ4n) is 2.28. The standard InChI is InChI=1S/C13H6F9N5OS/c14-1-6-25-27-9(28)7(8(12(17,18)19)24-10(27)29-6)5-2-23-26(3-5)4-11(15,16)13(20,21)22/h2-3H,1,4H2. The van der Waals surface area contributed by atoms with Crippen LogP contribution < -0.4 is 5.56 Å². The smallest absolute Gasteiger partial charge is 0.267 e. The normalized spacial score (nSPS) is 13.4. The zero-order chi connectivity index (χ0) is 21.8. The monoisotopic (exact) mass is 451 g/mol. The zero-order valence-electron chi connectivity index (χ0n) is 13.5. The predicted octanol–water partition coefficient (Wildman–Crippen LogP) is 3.70. The number of hydrogen-bond acceptors (Lipinski definition) is 5. The van der Waals surface area contributed by atoms with E-state index in [0.29, 0.717) is 28.2 Å². The average molecular weight is 451 g/mol. The first kappa shape index (κ1) is 21.1. The highest BCUT2D eigenvalue weighted by Gasteiger charge is 2.57. The number of nitrogens with zero attached hydrogens (tertiary/aromatic N) is 5. The maximum Gasteiger partial charge on any atom is 0.455 e. The van der Waals surface area contributed by atoms with Crippen molar-refractivity contribution in [2.75, 3.05) is 0 Å². The SMILES string of the molecule is O=c1c(-c2cnn(CC(F)(F)C(F)(F)F)c2)c(C(F)(F)F)nc2sc(CF)nn12. The number of halogens is 9. The van der Waals surface area contributed by atoms with E-state index in [1.54, 1.807) is 0 Å². The molecule has 0 saturated carbocycles. The van der Waals surface area contributed by atoms with Gasteiger partial charge in [-0.25, -0.2) is 9.37 Å². The van der Waals surface area contributed by atoms with Crippen molar-refractivity contribution in [1.29, 1.82) is 0 Å². The molecule has 0 saturated heterocycles. The van der Waals surface area contributed by atoms with Crippen molar-refractivity contribution in [1.82, 2.24) is 24.4 Å². The Labute approximate surface area is 157 Å². The molecule has 0 unspecified atom stereocenters. The number of rotatable bonds is 4. The molecule has 0 fully saturated rings. The highest BCUT2D eigenvalue weighted by Crippen LogP contribution is 2.38. The van der Waals surface area contributed by atoms with Crippen LogP contribution in [0, 0.1) is 0 Å². The number of fused-ring (bicyclic) bond motifs is 1. The third-order valence-corrected chi connectivity index (χ3v) is 4.41. The van der Waals surface area contributed by atoms with E-state index >= 15 is 0 Å². The van der Waals surface area contributed by atoms with E-state index in [2.05, 4.69) is 15.2 Å². The van der Waals surface area contributed by atoms with Gasteiger partial charge in [-0.3, -0.25) is 9.48 Å². The highest BCUT2D eigenvalue weighted by molar-refractivity contribution is 7.16. The molecule has 16 heteroatoms. The van der Waals surface area contributed by atoms with Gasteiger partial charge in [0.2, 0.25) is 4.96 Å². The van der Waals surface area contributed by atoms with Crippen LogP contribution in [0.2, 0.25) is 0 Å². The molecule has 3 heterocycles. The van der Waals surface area contributed by atoms with Gasteiger partial charge in [-0.15, -0.1) is 0 Å². The highest BCUT2D eigenvalue weighted by atomic mass is 32.1. The second kappa shape index (κ2) is 6.70. The van der Waals surface area contributed by atoms with Crippen LogP contribution in [0.15, 0.2) is 17.2 Å². The Kier molecular flexibility index (Phi) is 4.87. The molecule has 0 aliphatic carbocycles. The maximum atomic E-state index is 13.4. The van der Waals surface area contributed by atoms with E-state index in [1.807, 2.05) is 0 Å². The third kappa shape index (κ3) is 3.79. The lowest BCUT2D eigenvalue weighted by Crippen LogP contribution is -2.40. The fraction of sp³-hybridized carbons (Fsp3) is 0.385. The molecule has 0 spiro atoms. The molecule has 0 aromatic carbocycles. The molecular formula is C13H6F9N5OS. The van der Waals surface area contributed by atoms with E-state index in [1.165, 1.54) is 0 Å².